The summed E-state index contributed by atoms with van der Waals surface area (Å²) in [7, 11) is 0. The van der Waals surface area contributed by atoms with Crippen LogP contribution >= 0.6 is 0 Å². The Kier molecular flexibility index (Phi) is 19.3. The van der Waals surface area contributed by atoms with Crippen LogP contribution in [0.5, 0.6) is 0 Å². The Labute approximate surface area is 153 Å². The Morgan fingerprint density at radius 2 is 1.24 bits per heavy atom. The molecule has 0 N–H and O–H groups in total. The Morgan fingerprint density at radius 3 is 1.76 bits per heavy atom. The van der Waals surface area contributed by atoms with Gasteiger partial charge in [0.05, 0.1) is 12.6 Å². The molecule has 0 spiro atoms. The third-order valence-corrected chi connectivity index (χ3v) is 4.55. The molecule has 0 saturated carbocycles. The molecule has 1 unspecified atom stereocenters. The van der Waals surface area contributed by atoms with Gasteiger partial charge in [0.25, 0.3) is 0 Å². The SMILES string of the molecule is C=CCCCCCCC(CCCCCCCCCCN=C=O)N=C=O. The lowest BCUT2D eigenvalue weighted by Gasteiger charge is -2.10. The molecule has 142 valence electrons. The number of allylic oxidation sites excluding steroid dienone is 1. The van der Waals surface area contributed by atoms with E-state index in [0.29, 0.717) is 6.54 Å². The van der Waals surface area contributed by atoms with Gasteiger partial charge < -0.3 is 0 Å². The van der Waals surface area contributed by atoms with Gasteiger partial charge in [0.15, 0.2) is 0 Å². The van der Waals surface area contributed by atoms with E-state index in [1.165, 1.54) is 51.4 Å². The fourth-order valence-electron chi connectivity index (χ4n) is 3.05. The molecule has 0 amide bonds. The molecule has 25 heavy (non-hydrogen) atoms. The quantitative estimate of drug-likeness (QED) is 0.123. The van der Waals surface area contributed by atoms with Gasteiger partial charge in [-0.3, -0.25) is 0 Å². The molecule has 0 aliphatic rings. The normalized spacial score (nSPS) is 11.4. The fraction of sp³-hybridized carbons (Fsp3) is 0.810. The maximum absolute atomic E-state index is 10.6. The van der Waals surface area contributed by atoms with Gasteiger partial charge in [-0.1, -0.05) is 70.3 Å². The molecule has 0 saturated heterocycles. The molecule has 0 radical (unpaired) electrons. The molecule has 0 aromatic heterocycles. The largest absolute Gasteiger partial charge is 0.235 e. The van der Waals surface area contributed by atoms with Crippen LogP contribution in [0.3, 0.4) is 0 Å². The van der Waals surface area contributed by atoms with Crippen LogP contribution in [0, 0.1) is 0 Å². The minimum Gasteiger partial charge on any atom is -0.211 e. The lowest BCUT2D eigenvalue weighted by atomic mass is 10.0. The van der Waals surface area contributed by atoms with Crippen molar-refractivity contribution in [3.05, 3.63) is 12.7 Å². The lowest BCUT2D eigenvalue weighted by Crippen LogP contribution is -2.04. The summed E-state index contributed by atoms with van der Waals surface area (Å²) in [5, 5.41) is 0. The Bertz CT molecular complexity index is 397. The summed E-state index contributed by atoms with van der Waals surface area (Å²) in [6.07, 6.45) is 22.8. The highest BCUT2D eigenvalue weighted by atomic mass is 16.1. The average molecular weight is 349 g/mol. The lowest BCUT2D eigenvalue weighted by molar-refractivity contribution is 0.480. The maximum Gasteiger partial charge on any atom is 0.235 e. The van der Waals surface area contributed by atoms with Gasteiger partial charge in [0, 0.05) is 0 Å². The highest BCUT2D eigenvalue weighted by molar-refractivity contribution is 5.33. The number of hydrogen-bond acceptors (Lipinski definition) is 4. The van der Waals surface area contributed by atoms with E-state index in [9.17, 15) is 9.59 Å². The maximum atomic E-state index is 10.6. The second kappa shape index (κ2) is 20.5. The van der Waals surface area contributed by atoms with Crippen LogP contribution in [0.4, 0.5) is 0 Å². The van der Waals surface area contributed by atoms with E-state index >= 15 is 0 Å². The molecule has 0 fully saturated rings. The standard InChI is InChI=1S/C21H36N2O2/c1-2-3-4-5-10-13-16-21(23-20-25)17-14-11-8-6-7-9-12-15-18-22-19-24/h2,21H,1,3-18H2. The predicted octanol–water partition coefficient (Wildman–Crippen LogP) is 6.06. The average Bonchev–Trinajstić information content (AvgIpc) is 2.62. The molecule has 0 aromatic carbocycles. The van der Waals surface area contributed by atoms with E-state index in [1.807, 2.05) is 6.08 Å². The first-order valence-electron chi connectivity index (χ1n) is 10.1. The van der Waals surface area contributed by atoms with Crippen molar-refractivity contribution in [3.8, 4) is 0 Å². The monoisotopic (exact) mass is 348 g/mol. The van der Waals surface area contributed by atoms with Gasteiger partial charge >= 0.3 is 0 Å². The number of hydrogen-bond donors (Lipinski definition) is 0. The summed E-state index contributed by atoms with van der Waals surface area (Å²) in [4.78, 5) is 28.0. The number of nitrogens with zero attached hydrogens (tertiary/aromatic N) is 2. The van der Waals surface area contributed by atoms with E-state index < -0.39 is 0 Å². The van der Waals surface area contributed by atoms with Gasteiger partial charge in [-0.2, -0.15) is 0 Å². The molecule has 0 aliphatic heterocycles. The molecular formula is C21H36N2O2. The van der Waals surface area contributed by atoms with Crippen LogP contribution in [0.15, 0.2) is 22.6 Å². The second-order valence-corrected chi connectivity index (χ2v) is 6.74. The van der Waals surface area contributed by atoms with E-state index in [4.69, 9.17) is 0 Å². The minimum absolute atomic E-state index is 0.176. The zero-order valence-corrected chi connectivity index (χ0v) is 15.9. The van der Waals surface area contributed by atoms with E-state index in [2.05, 4.69) is 16.6 Å². The molecule has 0 aromatic rings. The number of unbranched alkanes of at least 4 members (excludes halogenated alkanes) is 11. The van der Waals surface area contributed by atoms with Crippen LogP contribution in [0.2, 0.25) is 0 Å². The van der Waals surface area contributed by atoms with Crippen molar-refractivity contribution in [2.45, 2.75) is 102 Å². The molecule has 4 heteroatoms. The van der Waals surface area contributed by atoms with Crippen LogP contribution in [-0.2, 0) is 9.59 Å². The molecule has 0 heterocycles. The van der Waals surface area contributed by atoms with Gasteiger partial charge in [0.2, 0.25) is 12.2 Å². The van der Waals surface area contributed by atoms with Crippen LogP contribution in [0.25, 0.3) is 0 Å². The first-order valence-corrected chi connectivity index (χ1v) is 10.1. The summed E-state index contributed by atoms with van der Waals surface area (Å²) in [6, 6.07) is 0.176. The van der Waals surface area contributed by atoms with Gasteiger partial charge in [-0.15, -0.1) is 6.58 Å². The molecule has 1 atom stereocenters. The summed E-state index contributed by atoms with van der Waals surface area (Å²) < 4.78 is 0. The zero-order valence-electron chi connectivity index (χ0n) is 15.9. The van der Waals surface area contributed by atoms with E-state index in [0.717, 1.165) is 44.9 Å². The summed E-state index contributed by atoms with van der Waals surface area (Å²) >= 11 is 0. The minimum atomic E-state index is 0.176. The van der Waals surface area contributed by atoms with Crippen molar-refractivity contribution in [1.82, 2.24) is 0 Å². The van der Waals surface area contributed by atoms with Crippen LogP contribution in [-0.4, -0.2) is 24.7 Å². The topological polar surface area (TPSA) is 58.9 Å². The third kappa shape index (κ3) is 18.7. The van der Waals surface area contributed by atoms with Crippen molar-refractivity contribution >= 4 is 12.2 Å². The highest BCUT2D eigenvalue weighted by Gasteiger charge is 2.06. The first kappa shape index (κ1) is 23.5. The second-order valence-electron chi connectivity index (χ2n) is 6.74. The number of isocyanates is 2. The van der Waals surface area contributed by atoms with E-state index in [-0.39, 0.29) is 6.04 Å². The Balaban J connectivity index is 3.49. The van der Waals surface area contributed by atoms with Crippen molar-refractivity contribution < 1.29 is 9.59 Å². The van der Waals surface area contributed by atoms with Crippen LogP contribution in [0.1, 0.15) is 96.3 Å². The highest BCUT2D eigenvalue weighted by Crippen LogP contribution is 2.16. The first-order chi connectivity index (χ1) is 12.3. The summed E-state index contributed by atoms with van der Waals surface area (Å²) in [6.45, 7) is 4.36. The van der Waals surface area contributed by atoms with Crippen molar-refractivity contribution in [2.75, 3.05) is 6.54 Å². The fourth-order valence-corrected chi connectivity index (χ4v) is 3.05. The zero-order chi connectivity index (χ0) is 18.4. The van der Waals surface area contributed by atoms with Crippen molar-refractivity contribution in [3.63, 3.8) is 0 Å². The Morgan fingerprint density at radius 1 is 0.720 bits per heavy atom. The summed E-state index contributed by atoms with van der Waals surface area (Å²) in [5.41, 5.74) is 0. The smallest absolute Gasteiger partial charge is 0.211 e. The van der Waals surface area contributed by atoms with Gasteiger partial charge in [-0.05, 0) is 32.1 Å². The molecule has 0 bridgehead atoms. The summed E-state index contributed by atoms with van der Waals surface area (Å²) in [5.74, 6) is 0. The van der Waals surface area contributed by atoms with E-state index in [1.54, 1.807) is 12.2 Å². The third-order valence-electron chi connectivity index (χ3n) is 4.55. The molecule has 0 aliphatic carbocycles. The number of aliphatic imine (C=N–C) groups is 2. The van der Waals surface area contributed by atoms with Gasteiger partial charge in [-0.25, -0.2) is 19.6 Å². The number of carbonyl (C=O) groups excluding carboxylic acids is 2. The molecule has 4 nitrogen and oxygen atoms in total. The molecular weight excluding hydrogens is 312 g/mol. The van der Waals surface area contributed by atoms with Crippen molar-refractivity contribution in [2.24, 2.45) is 9.98 Å². The number of rotatable bonds is 19. The van der Waals surface area contributed by atoms with Gasteiger partial charge in [0.1, 0.15) is 0 Å². The molecule has 0 rings (SSSR count). The van der Waals surface area contributed by atoms with Crippen molar-refractivity contribution in [1.29, 1.82) is 0 Å². The Hall–Kier alpha value is -1.50. The van der Waals surface area contributed by atoms with Crippen LogP contribution < -0.4 is 0 Å². The predicted molar refractivity (Wildman–Crippen MR) is 104 cm³/mol.